The summed E-state index contributed by atoms with van der Waals surface area (Å²) in [5.74, 6) is 0.626. The Kier molecular flexibility index (Phi) is 5.00. The van der Waals surface area contributed by atoms with E-state index in [1.165, 1.54) is 37.1 Å². The van der Waals surface area contributed by atoms with Gasteiger partial charge in [-0.3, -0.25) is 4.90 Å². The molecule has 0 atom stereocenters. The summed E-state index contributed by atoms with van der Waals surface area (Å²) in [6.07, 6.45) is 2.61. The molecule has 1 saturated heterocycles. The van der Waals surface area contributed by atoms with Gasteiger partial charge in [-0.05, 0) is 57.1 Å². The molecule has 0 aromatic heterocycles. The highest BCUT2D eigenvalue weighted by molar-refractivity contribution is 5.24. The summed E-state index contributed by atoms with van der Waals surface area (Å²) in [5.41, 5.74) is 2.87. The molecule has 1 aromatic rings. The Hall–Kier alpha value is -0.860. The predicted octanol–water partition coefficient (Wildman–Crippen LogP) is 3.34. The molecule has 0 spiro atoms. The molecule has 1 heterocycles. The molecule has 0 aliphatic carbocycles. The number of benzene rings is 1. The maximum atomic E-state index is 2.53. The van der Waals surface area contributed by atoms with Crippen LogP contribution in [0.4, 0.5) is 0 Å². The van der Waals surface area contributed by atoms with E-state index in [9.17, 15) is 0 Å². The van der Waals surface area contributed by atoms with Gasteiger partial charge < -0.3 is 4.90 Å². The fourth-order valence-electron chi connectivity index (χ4n) is 2.86. The fourth-order valence-corrected chi connectivity index (χ4v) is 2.86. The van der Waals surface area contributed by atoms with Crippen LogP contribution in [-0.2, 0) is 6.54 Å². The maximum Gasteiger partial charge on any atom is 0.0233 e. The van der Waals surface area contributed by atoms with Crippen molar-refractivity contribution in [3.8, 4) is 0 Å². The van der Waals surface area contributed by atoms with Gasteiger partial charge in [0.05, 0.1) is 0 Å². The third-order valence-corrected chi connectivity index (χ3v) is 4.39. The zero-order valence-electron chi connectivity index (χ0n) is 12.9. The van der Waals surface area contributed by atoms with E-state index < -0.39 is 0 Å². The number of hydrogen-bond donors (Lipinski definition) is 0. The molecule has 2 heteroatoms. The highest BCUT2D eigenvalue weighted by atomic mass is 15.2. The Bertz CT molecular complexity index is 375. The van der Waals surface area contributed by atoms with Crippen LogP contribution in [0.2, 0.25) is 0 Å². The molecule has 2 rings (SSSR count). The van der Waals surface area contributed by atoms with Crippen LogP contribution in [0.3, 0.4) is 0 Å². The van der Waals surface area contributed by atoms with Gasteiger partial charge in [0, 0.05) is 12.6 Å². The summed E-state index contributed by atoms with van der Waals surface area (Å²) in [7, 11) is 4.49. The predicted molar refractivity (Wildman–Crippen MR) is 82.5 cm³/mol. The maximum absolute atomic E-state index is 2.53. The van der Waals surface area contributed by atoms with E-state index in [2.05, 4.69) is 62.0 Å². The van der Waals surface area contributed by atoms with Gasteiger partial charge in [0.2, 0.25) is 0 Å². The SMILES string of the molecule is CC(C)c1ccc(CN(C)C2CCN(C)CC2)cc1. The summed E-state index contributed by atoms with van der Waals surface area (Å²) >= 11 is 0. The first-order chi connectivity index (χ1) is 9.06. The van der Waals surface area contributed by atoms with Crippen molar-refractivity contribution in [2.75, 3.05) is 27.2 Å². The summed E-state index contributed by atoms with van der Waals surface area (Å²) in [5, 5.41) is 0. The monoisotopic (exact) mass is 260 g/mol. The topological polar surface area (TPSA) is 6.48 Å². The van der Waals surface area contributed by atoms with Crippen molar-refractivity contribution < 1.29 is 0 Å². The van der Waals surface area contributed by atoms with Gasteiger partial charge in [0.25, 0.3) is 0 Å². The van der Waals surface area contributed by atoms with E-state index >= 15 is 0 Å². The molecule has 0 unspecified atom stereocenters. The van der Waals surface area contributed by atoms with Gasteiger partial charge in [0.15, 0.2) is 0 Å². The smallest absolute Gasteiger partial charge is 0.0233 e. The van der Waals surface area contributed by atoms with E-state index in [-0.39, 0.29) is 0 Å². The molecule has 1 fully saturated rings. The second-order valence-electron chi connectivity index (χ2n) is 6.35. The largest absolute Gasteiger partial charge is 0.306 e. The lowest BCUT2D eigenvalue weighted by molar-refractivity contribution is 0.139. The van der Waals surface area contributed by atoms with Gasteiger partial charge >= 0.3 is 0 Å². The van der Waals surface area contributed by atoms with Crippen molar-refractivity contribution in [2.24, 2.45) is 0 Å². The van der Waals surface area contributed by atoms with Crippen molar-refractivity contribution in [1.82, 2.24) is 9.80 Å². The standard InChI is InChI=1S/C17H28N2/c1-14(2)16-7-5-15(6-8-16)13-19(4)17-9-11-18(3)12-10-17/h5-8,14,17H,9-13H2,1-4H3. The normalized spacial score (nSPS) is 18.4. The molecule has 1 aliphatic rings. The Labute approximate surface area is 118 Å². The van der Waals surface area contributed by atoms with Crippen LogP contribution in [0.5, 0.6) is 0 Å². The average molecular weight is 260 g/mol. The zero-order chi connectivity index (χ0) is 13.8. The molecule has 0 N–H and O–H groups in total. The number of likely N-dealkylation sites (tertiary alicyclic amines) is 1. The van der Waals surface area contributed by atoms with Gasteiger partial charge in [-0.25, -0.2) is 0 Å². The van der Waals surface area contributed by atoms with Crippen LogP contribution >= 0.6 is 0 Å². The summed E-state index contributed by atoms with van der Waals surface area (Å²) < 4.78 is 0. The second-order valence-corrected chi connectivity index (χ2v) is 6.35. The van der Waals surface area contributed by atoms with E-state index in [0.717, 1.165) is 12.6 Å². The lowest BCUT2D eigenvalue weighted by atomic mass is 10.0. The first-order valence-electron chi connectivity index (χ1n) is 7.54. The first kappa shape index (κ1) is 14.5. The number of rotatable bonds is 4. The van der Waals surface area contributed by atoms with E-state index in [0.29, 0.717) is 5.92 Å². The van der Waals surface area contributed by atoms with Crippen molar-refractivity contribution >= 4 is 0 Å². The lowest BCUT2D eigenvalue weighted by Crippen LogP contribution is -2.41. The average Bonchev–Trinajstić information content (AvgIpc) is 2.40. The minimum absolute atomic E-state index is 0.626. The highest BCUT2D eigenvalue weighted by Crippen LogP contribution is 2.18. The molecule has 0 bridgehead atoms. The Morgan fingerprint density at radius 2 is 1.74 bits per heavy atom. The Morgan fingerprint density at radius 3 is 2.26 bits per heavy atom. The highest BCUT2D eigenvalue weighted by Gasteiger charge is 2.20. The van der Waals surface area contributed by atoms with E-state index in [1.807, 2.05) is 0 Å². The summed E-state index contributed by atoms with van der Waals surface area (Å²) in [6, 6.07) is 9.90. The van der Waals surface area contributed by atoms with E-state index in [1.54, 1.807) is 0 Å². The summed E-state index contributed by atoms with van der Waals surface area (Å²) in [6.45, 7) is 8.05. The van der Waals surface area contributed by atoms with Gasteiger partial charge in [0.1, 0.15) is 0 Å². The molecule has 1 aromatic carbocycles. The second kappa shape index (κ2) is 6.53. The third-order valence-electron chi connectivity index (χ3n) is 4.39. The third kappa shape index (κ3) is 4.05. The van der Waals surface area contributed by atoms with Crippen LogP contribution in [0, 0.1) is 0 Å². The van der Waals surface area contributed by atoms with Crippen LogP contribution in [0.1, 0.15) is 43.7 Å². The van der Waals surface area contributed by atoms with Crippen LogP contribution < -0.4 is 0 Å². The first-order valence-corrected chi connectivity index (χ1v) is 7.54. The van der Waals surface area contributed by atoms with Gasteiger partial charge in [-0.1, -0.05) is 38.1 Å². The fraction of sp³-hybridized carbons (Fsp3) is 0.647. The molecule has 0 amide bonds. The lowest BCUT2D eigenvalue weighted by Gasteiger charge is -2.35. The van der Waals surface area contributed by atoms with Crippen LogP contribution in [0.25, 0.3) is 0 Å². The van der Waals surface area contributed by atoms with Crippen molar-refractivity contribution in [3.63, 3.8) is 0 Å². The van der Waals surface area contributed by atoms with Crippen molar-refractivity contribution in [1.29, 1.82) is 0 Å². The molecule has 2 nitrogen and oxygen atoms in total. The molecule has 0 radical (unpaired) electrons. The van der Waals surface area contributed by atoms with Crippen LogP contribution in [-0.4, -0.2) is 43.0 Å². The molecular formula is C17H28N2. The number of piperidine rings is 1. The van der Waals surface area contributed by atoms with Crippen LogP contribution in [0.15, 0.2) is 24.3 Å². The Balaban J connectivity index is 1.89. The molecule has 19 heavy (non-hydrogen) atoms. The van der Waals surface area contributed by atoms with Crippen molar-refractivity contribution in [3.05, 3.63) is 35.4 Å². The number of hydrogen-bond acceptors (Lipinski definition) is 2. The van der Waals surface area contributed by atoms with Crippen molar-refractivity contribution in [2.45, 2.75) is 45.2 Å². The quantitative estimate of drug-likeness (QED) is 0.819. The van der Waals surface area contributed by atoms with Gasteiger partial charge in [-0.2, -0.15) is 0 Å². The molecule has 1 aliphatic heterocycles. The van der Waals surface area contributed by atoms with E-state index in [4.69, 9.17) is 0 Å². The van der Waals surface area contributed by atoms with Gasteiger partial charge in [-0.15, -0.1) is 0 Å². The molecule has 0 saturated carbocycles. The Morgan fingerprint density at radius 1 is 1.16 bits per heavy atom. The number of nitrogens with zero attached hydrogens (tertiary/aromatic N) is 2. The molecular weight excluding hydrogens is 232 g/mol. The molecule has 106 valence electrons. The minimum atomic E-state index is 0.626. The zero-order valence-corrected chi connectivity index (χ0v) is 12.9. The minimum Gasteiger partial charge on any atom is -0.306 e. The summed E-state index contributed by atoms with van der Waals surface area (Å²) in [4.78, 5) is 4.96.